The van der Waals surface area contributed by atoms with E-state index >= 15 is 0 Å². The zero-order valence-electron chi connectivity index (χ0n) is 16.9. The summed E-state index contributed by atoms with van der Waals surface area (Å²) in [6.45, 7) is 2.43. The molecule has 1 fully saturated rings. The first-order chi connectivity index (χ1) is 13.1. The van der Waals surface area contributed by atoms with Crippen molar-refractivity contribution < 1.29 is 19.1 Å². The second-order valence-corrected chi connectivity index (χ2v) is 7.15. The van der Waals surface area contributed by atoms with Crippen LogP contribution in [0.2, 0.25) is 0 Å². The Labute approximate surface area is 162 Å². The molecule has 0 bridgehead atoms. The van der Waals surface area contributed by atoms with Crippen LogP contribution < -0.4 is 0 Å². The first kappa shape index (κ1) is 21.4. The zero-order valence-corrected chi connectivity index (χ0v) is 16.9. The number of carbonyl (C=O) groups excluding carboxylic acids is 2. The van der Waals surface area contributed by atoms with Crippen LogP contribution in [0.1, 0.15) is 31.4 Å². The average molecular weight is 380 g/mol. The molecular formula is C20H33N3O4. The van der Waals surface area contributed by atoms with Crippen LogP contribution in [0.3, 0.4) is 0 Å². The van der Waals surface area contributed by atoms with E-state index in [1.807, 2.05) is 29.9 Å². The molecule has 0 unspecified atom stereocenters. The van der Waals surface area contributed by atoms with Crippen molar-refractivity contribution in [3.05, 3.63) is 24.0 Å². The number of ether oxygens (including phenoxy) is 2. The van der Waals surface area contributed by atoms with E-state index in [1.54, 1.807) is 24.0 Å². The van der Waals surface area contributed by atoms with E-state index in [1.165, 1.54) is 0 Å². The third-order valence-corrected chi connectivity index (χ3v) is 5.23. The fraction of sp³-hybridized carbons (Fsp3) is 0.700. The Bertz CT molecular complexity index is 596. The molecule has 1 aliphatic carbocycles. The lowest BCUT2D eigenvalue weighted by atomic mass is 10.1. The van der Waals surface area contributed by atoms with Gasteiger partial charge in [-0.3, -0.25) is 9.59 Å². The third kappa shape index (κ3) is 6.36. The lowest BCUT2D eigenvalue weighted by Crippen LogP contribution is -2.46. The standard InChI is InChI=1S/C20H33N3O4/c1-21-10-6-9-18(21)15-22(11-13-26-2)19(24)16-23(12-14-27-3)20(25)17-7-4-5-8-17/h6,9-10,17H,4-5,7-8,11-16H2,1-3H3. The van der Waals surface area contributed by atoms with Crippen molar-refractivity contribution in [2.45, 2.75) is 32.2 Å². The third-order valence-electron chi connectivity index (χ3n) is 5.23. The average Bonchev–Trinajstić information content (AvgIpc) is 3.33. The van der Waals surface area contributed by atoms with Gasteiger partial charge in [0.2, 0.25) is 11.8 Å². The number of nitrogens with zero attached hydrogens (tertiary/aromatic N) is 3. The van der Waals surface area contributed by atoms with E-state index in [-0.39, 0.29) is 24.3 Å². The molecule has 0 N–H and O–H groups in total. The highest BCUT2D eigenvalue weighted by atomic mass is 16.5. The molecule has 0 radical (unpaired) electrons. The van der Waals surface area contributed by atoms with Gasteiger partial charge in [0.15, 0.2) is 0 Å². The largest absolute Gasteiger partial charge is 0.383 e. The maximum atomic E-state index is 13.0. The molecule has 0 aliphatic heterocycles. The minimum absolute atomic E-state index is 0.0509. The van der Waals surface area contributed by atoms with Gasteiger partial charge in [-0.1, -0.05) is 12.8 Å². The molecule has 1 aliphatic rings. The summed E-state index contributed by atoms with van der Waals surface area (Å²) in [6.07, 6.45) is 6.00. The van der Waals surface area contributed by atoms with E-state index in [2.05, 4.69) is 0 Å². The molecule has 27 heavy (non-hydrogen) atoms. The summed E-state index contributed by atoms with van der Waals surface area (Å²) >= 11 is 0. The first-order valence-electron chi connectivity index (χ1n) is 9.71. The number of aromatic nitrogens is 1. The van der Waals surface area contributed by atoms with Crippen LogP contribution in [-0.2, 0) is 32.7 Å². The van der Waals surface area contributed by atoms with Gasteiger partial charge >= 0.3 is 0 Å². The topological polar surface area (TPSA) is 64.0 Å². The molecule has 0 atom stereocenters. The van der Waals surface area contributed by atoms with Gasteiger partial charge < -0.3 is 23.8 Å². The van der Waals surface area contributed by atoms with E-state index in [0.717, 1.165) is 31.4 Å². The van der Waals surface area contributed by atoms with Crippen molar-refractivity contribution in [3.63, 3.8) is 0 Å². The van der Waals surface area contributed by atoms with Crippen molar-refractivity contribution in [1.82, 2.24) is 14.4 Å². The smallest absolute Gasteiger partial charge is 0.242 e. The van der Waals surface area contributed by atoms with Crippen LogP contribution in [0.15, 0.2) is 18.3 Å². The molecular weight excluding hydrogens is 346 g/mol. The molecule has 2 rings (SSSR count). The van der Waals surface area contributed by atoms with E-state index in [4.69, 9.17) is 9.47 Å². The Morgan fingerprint density at radius 3 is 2.30 bits per heavy atom. The minimum atomic E-state index is -0.0595. The Balaban J connectivity index is 2.05. The number of carbonyl (C=O) groups is 2. The molecule has 1 aromatic rings. The number of rotatable bonds is 11. The predicted octanol–water partition coefficient (Wildman–Crippen LogP) is 1.67. The van der Waals surface area contributed by atoms with E-state index < -0.39 is 0 Å². The highest BCUT2D eigenvalue weighted by Gasteiger charge is 2.29. The van der Waals surface area contributed by atoms with E-state index in [0.29, 0.717) is 32.8 Å². The van der Waals surface area contributed by atoms with Gasteiger partial charge in [-0.05, 0) is 25.0 Å². The van der Waals surface area contributed by atoms with Gasteiger partial charge in [0.05, 0.1) is 26.3 Å². The molecule has 7 heteroatoms. The molecule has 0 aromatic carbocycles. The Kier molecular flexibility index (Phi) is 8.81. The number of hydrogen-bond donors (Lipinski definition) is 0. The van der Waals surface area contributed by atoms with Crippen LogP contribution in [0.25, 0.3) is 0 Å². The van der Waals surface area contributed by atoms with Gasteiger partial charge in [0.25, 0.3) is 0 Å². The molecule has 152 valence electrons. The second-order valence-electron chi connectivity index (χ2n) is 7.15. The highest BCUT2D eigenvalue weighted by Crippen LogP contribution is 2.26. The number of aryl methyl sites for hydroxylation is 1. The van der Waals surface area contributed by atoms with Crippen molar-refractivity contribution in [2.24, 2.45) is 13.0 Å². The molecule has 2 amide bonds. The second kappa shape index (κ2) is 11.1. The quantitative estimate of drug-likeness (QED) is 0.587. The monoisotopic (exact) mass is 379 g/mol. The van der Waals surface area contributed by atoms with Gasteiger partial charge in [0, 0.05) is 52.2 Å². The number of amides is 2. The molecule has 0 spiro atoms. The number of methoxy groups -OCH3 is 2. The summed E-state index contributed by atoms with van der Waals surface area (Å²) in [5, 5.41) is 0. The van der Waals surface area contributed by atoms with Crippen molar-refractivity contribution in [1.29, 1.82) is 0 Å². The van der Waals surface area contributed by atoms with Crippen molar-refractivity contribution in [3.8, 4) is 0 Å². The van der Waals surface area contributed by atoms with Crippen LogP contribution in [0, 0.1) is 5.92 Å². The lowest BCUT2D eigenvalue weighted by Gasteiger charge is -2.29. The van der Waals surface area contributed by atoms with Gasteiger partial charge in [-0.15, -0.1) is 0 Å². The lowest BCUT2D eigenvalue weighted by molar-refractivity contribution is -0.144. The summed E-state index contributed by atoms with van der Waals surface area (Å²) in [7, 11) is 5.20. The Morgan fingerprint density at radius 2 is 1.74 bits per heavy atom. The maximum absolute atomic E-state index is 13.0. The Morgan fingerprint density at radius 1 is 1.11 bits per heavy atom. The SMILES string of the molecule is COCCN(Cc1cccn1C)C(=O)CN(CCOC)C(=O)C1CCCC1. The summed E-state index contributed by atoms with van der Waals surface area (Å²) in [6, 6.07) is 3.96. The van der Waals surface area contributed by atoms with E-state index in [9.17, 15) is 9.59 Å². The summed E-state index contributed by atoms with van der Waals surface area (Å²) in [5.41, 5.74) is 1.05. The van der Waals surface area contributed by atoms with Crippen molar-refractivity contribution in [2.75, 3.05) is 47.1 Å². The van der Waals surface area contributed by atoms with Crippen LogP contribution in [-0.4, -0.2) is 73.2 Å². The minimum Gasteiger partial charge on any atom is -0.383 e. The molecule has 1 aromatic heterocycles. The Hall–Kier alpha value is -1.86. The first-order valence-corrected chi connectivity index (χ1v) is 9.71. The molecule has 7 nitrogen and oxygen atoms in total. The van der Waals surface area contributed by atoms with Crippen molar-refractivity contribution >= 4 is 11.8 Å². The molecule has 1 saturated carbocycles. The zero-order chi connectivity index (χ0) is 19.6. The summed E-state index contributed by atoms with van der Waals surface area (Å²) in [5.74, 6) is 0.0779. The normalized spacial score (nSPS) is 14.5. The van der Waals surface area contributed by atoms with Crippen LogP contribution in [0.5, 0.6) is 0 Å². The fourth-order valence-electron chi connectivity index (χ4n) is 3.51. The molecule has 0 saturated heterocycles. The predicted molar refractivity (Wildman–Crippen MR) is 103 cm³/mol. The highest BCUT2D eigenvalue weighted by molar-refractivity contribution is 5.86. The summed E-state index contributed by atoms with van der Waals surface area (Å²) < 4.78 is 12.3. The fourth-order valence-corrected chi connectivity index (χ4v) is 3.51. The van der Waals surface area contributed by atoms with Gasteiger partial charge in [-0.25, -0.2) is 0 Å². The summed E-state index contributed by atoms with van der Waals surface area (Å²) in [4.78, 5) is 29.3. The van der Waals surface area contributed by atoms with Crippen LogP contribution >= 0.6 is 0 Å². The van der Waals surface area contributed by atoms with Gasteiger partial charge in [-0.2, -0.15) is 0 Å². The maximum Gasteiger partial charge on any atom is 0.242 e. The number of hydrogen-bond acceptors (Lipinski definition) is 4. The van der Waals surface area contributed by atoms with Crippen LogP contribution in [0.4, 0.5) is 0 Å². The molecule has 1 heterocycles. The van der Waals surface area contributed by atoms with Gasteiger partial charge in [0.1, 0.15) is 0 Å².